The highest BCUT2D eigenvalue weighted by Gasteiger charge is 2.01. The molecule has 0 aromatic heterocycles. The van der Waals surface area contributed by atoms with E-state index in [9.17, 15) is 4.79 Å². The van der Waals surface area contributed by atoms with Crippen LogP contribution in [-0.4, -0.2) is 17.9 Å². The molecule has 1 N–H and O–H groups in total. The van der Waals surface area contributed by atoms with Gasteiger partial charge in [-0.1, -0.05) is 0 Å². The van der Waals surface area contributed by atoms with Crippen LogP contribution in [-0.2, 0) is 4.79 Å². The summed E-state index contributed by atoms with van der Waals surface area (Å²) in [6.45, 7) is 0. The van der Waals surface area contributed by atoms with Gasteiger partial charge in [-0.2, -0.15) is 17.0 Å². The maximum atomic E-state index is 11.5. The number of benzene rings is 1. The third kappa shape index (κ3) is 4.37. The molecule has 4 heteroatoms. The lowest BCUT2D eigenvalue weighted by molar-refractivity contribution is -0.116. The van der Waals surface area contributed by atoms with Crippen molar-refractivity contribution in [2.45, 2.75) is 12.8 Å². The van der Waals surface area contributed by atoms with Gasteiger partial charge in [-0.05, 0) is 42.7 Å². The molecule has 0 radical (unpaired) electrons. The van der Waals surface area contributed by atoms with Gasteiger partial charge in [-0.15, -0.1) is 0 Å². The maximum absolute atomic E-state index is 11.5. The molecule has 0 unspecified atom stereocenters. The van der Waals surface area contributed by atoms with Crippen LogP contribution < -0.4 is 5.32 Å². The fourth-order valence-electron chi connectivity index (χ4n) is 1.23. The SMILES string of the molecule is CSCCCC(=O)Nc1ccc(C#N)cc1. The zero-order chi connectivity index (χ0) is 11.8. The summed E-state index contributed by atoms with van der Waals surface area (Å²) >= 11 is 1.74. The van der Waals surface area contributed by atoms with E-state index in [1.54, 1.807) is 36.0 Å². The first-order chi connectivity index (χ1) is 7.76. The second-order valence-corrected chi connectivity index (χ2v) is 4.32. The van der Waals surface area contributed by atoms with Crippen molar-refractivity contribution in [1.82, 2.24) is 0 Å². The molecule has 0 heterocycles. The molecule has 84 valence electrons. The first-order valence-corrected chi connectivity index (χ1v) is 6.44. The van der Waals surface area contributed by atoms with Gasteiger partial charge in [-0.3, -0.25) is 4.79 Å². The predicted molar refractivity (Wildman–Crippen MR) is 67.4 cm³/mol. The number of thioether (sulfide) groups is 1. The molecule has 0 aliphatic rings. The van der Waals surface area contributed by atoms with Crippen LogP contribution in [0.1, 0.15) is 18.4 Å². The van der Waals surface area contributed by atoms with Crippen molar-refractivity contribution in [2.24, 2.45) is 0 Å². The van der Waals surface area contributed by atoms with Crippen LogP contribution in [0.2, 0.25) is 0 Å². The second-order valence-electron chi connectivity index (χ2n) is 3.33. The Labute approximate surface area is 99.8 Å². The van der Waals surface area contributed by atoms with E-state index in [4.69, 9.17) is 5.26 Å². The molecular weight excluding hydrogens is 220 g/mol. The van der Waals surface area contributed by atoms with Crippen LogP contribution in [0.5, 0.6) is 0 Å². The summed E-state index contributed by atoms with van der Waals surface area (Å²) in [4.78, 5) is 11.5. The van der Waals surface area contributed by atoms with E-state index in [0.29, 0.717) is 12.0 Å². The lowest BCUT2D eigenvalue weighted by atomic mass is 10.2. The number of hydrogen-bond acceptors (Lipinski definition) is 3. The molecule has 1 rings (SSSR count). The molecule has 0 saturated heterocycles. The summed E-state index contributed by atoms with van der Waals surface area (Å²) in [6.07, 6.45) is 3.46. The first kappa shape index (κ1) is 12.6. The topological polar surface area (TPSA) is 52.9 Å². The molecule has 0 saturated carbocycles. The second kappa shape index (κ2) is 6.91. The van der Waals surface area contributed by atoms with Gasteiger partial charge in [0.1, 0.15) is 0 Å². The van der Waals surface area contributed by atoms with Crippen LogP contribution in [0.15, 0.2) is 24.3 Å². The number of anilines is 1. The van der Waals surface area contributed by atoms with Gasteiger partial charge in [0.25, 0.3) is 0 Å². The average molecular weight is 234 g/mol. The number of rotatable bonds is 5. The fraction of sp³-hybridized carbons (Fsp3) is 0.333. The zero-order valence-electron chi connectivity index (χ0n) is 9.19. The molecule has 0 bridgehead atoms. The summed E-state index contributed by atoms with van der Waals surface area (Å²) in [7, 11) is 0. The lowest BCUT2D eigenvalue weighted by Gasteiger charge is -2.04. The molecule has 0 atom stereocenters. The molecule has 1 aromatic carbocycles. The Bertz CT molecular complexity index is 381. The largest absolute Gasteiger partial charge is 0.326 e. The molecule has 1 aromatic rings. The summed E-state index contributed by atoms with van der Waals surface area (Å²) in [5.74, 6) is 1.03. The van der Waals surface area contributed by atoms with E-state index >= 15 is 0 Å². The van der Waals surface area contributed by atoms with E-state index in [0.717, 1.165) is 17.9 Å². The molecule has 0 fully saturated rings. The number of hydrogen-bond donors (Lipinski definition) is 1. The minimum atomic E-state index is 0.0266. The summed E-state index contributed by atoms with van der Waals surface area (Å²) in [5, 5.41) is 11.4. The van der Waals surface area contributed by atoms with Gasteiger partial charge in [0.15, 0.2) is 0 Å². The van der Waals surface area contributed by atoms with Crippen LogP contribution in [0, 0.1) is 11.3 Å². The Morgan fingerprint density at radius 3 is 2.69 bits per heavy atom. The zero-order valence-corrected chi connectivity index (χ0v) is 10.0. The molecular formula is C12H14N2OS. The van der Waals surface area contributed by atoms with Crippen LogP contribution in [0.3, 0.4) is 0 Å². The molecule has 16 heavy (non-hydrogen) atoms. The van der Waals surface area contributed by atoms with E-state index in [1.165, 1.54) is 0 Å². The number of nitrogens with one attached hydrogen (secondary N) is 1. The minimum Gasteiger partial charge on any atom is -0.326 e. The van der Waals surface area contributed by atoms with E-state index < -0.39 is 0 Å². The monoisotopic (exact) mass is 234 g/mol. The van der Waals surface area contributed by atoms with Gasteiger partial charge >= 0.3 is 0 Å². The van der Waals surface area contributed by atoms with Crippen molar-refractivity contribution < 1.29 is 4.79 Å². The predicted octanol–water partition coefficient (Wildman–Crippen LogP) is 2.64. The Morgan fingerprint density at radius 1 is 1.44 bits per heavy atom. The maximum Gasteiger partial charge on any atom is 0.224 e. The van der Waals surface area contributed by atoms with Gasteiger partial charge in [0.05, 0.1) is 11.6 Å². The molecule has 1 amide bonds. The van der Waals surface area contributed by atoms with Crippen molar-refractivity contribution in [2.75, 3.05) is 17.3 Å². The summed E-state index contributed by atoms with van der Waals surface area (Å²) in [6, 6.07) is 8.90. The van der Waals surface area contributed by atoms with Crippen LogP contribution in [0.4, 0.5) is 5.69 Å². The van der Waals surface area contributed by atoms with E-state index in [2.05, 4.69) is 5.32 Å². The van der Waals surface area contributed by atoms with Gasteiger partial charge < -0.3 is 5.32 Å². The van der Waals surface area contributed by atoms with Crippen molar-refractivity contribution >= 4 is 23.4 Å². The van der Waals surface area contributed by atoms with E-state index in [-0.39, 0.29) is 5.91 Å². The van der Waals surface area contributed by atoms with Gasteiger partial charge in [0, 0.05) is 12.1 Å². The number of carbonyl (C=O) groups is 1. The highest BCUT2D eigenvalue weighted by molar-refractivity contribution is 7.98. The normalized spacial score (nSPS) is 9.50. The van der Waals surface area contributed by atoms with E-state index in [1.807, 2.05) is 12.3 Å². The lowest BCUT2D eigenvalue weighted by Crippen LogP contribution is -2.11. The van der Waals surface area contributed by atoms with Crippen LogP contribution in [0.25, 0.3) is 0 Å². The first-order valence-electron chi connectivity index (χ1n) is 5.05. The highest BCUT2D eigenvalue weighted by atomic mass is 32.2. The Kier molecular flexibility index (Phi) is 5.44. The van der Waals surface area contributed by atoms with Gasteiger partial charge in [0.2, 0.25) is 5.91 Å². The van der Waals surface area contributed by atoms with Crippen LogP contribution >= 0.6 is 11.8 Å². The number of amides is 1. The molecule has 0 aliphatic heterocycles. The molecule has 0 spiro atoms. The van der Waals surface area contributed by atoms with Crippen molar-refractivity contribution in [3.05, 3.63) is 29.8 Å². The van der Waals surface area contributed by atoms with Crippen molar-refractivity contribution in [3.8, 4) is 6.07 Å². The fourth-order valence-corrected chi connectivity index (χ4v) is 1.66. The quantitative estimate of drug-likeness (QED) is 0.797. The summed E-state index contributed by atoms with van der Waals surface area (Å²) < 4.78 is 0. The third-order valence-electron chi connectivity index (χ3n) is 2.05. The average Bonchev–Trinajstić information content (AvgIpc) is 2.30. The smallest absolute Gasteiger partial charge is 0.224 e. The Morgan fingerprint density at radius 2 is 2.12 bits per heavy atom. The number of carbonyl (C=O) groups excluding carboxylic acids is 1. The van der Waals surface area contributed by atoms with Gasteiger partial charge in [-0.25, -0.2) is 0 Å². The molecule has 0 aliphatic carbocycles. The standard InChI is InChI=1S/C12H14N2OS/c1-16-8-2-3-12(15)14-11-6-4-10(9-13)5-7-11/h4-7H,2-3,8H2,1H3,(H,14,15). The highest BCUT2D eigenvalue weighted by Crippen LogP contribution is 2.09. The van der Waals surface area contributed by atoms with Crippen molar-refractivity contribution in [1.29, 1.82) is 5.26 Å². The minimum absolute atomic E-state index is 0.0266. The number of nitriles is 1. The Hall–Kier alpha value is -1.47. The number of nitrogens with zero attached hydrogens (tertiary/aromatic N) is 1. The third-order valence-corrected chi connectivity index (χ3v) is 2.75. The van der Waals surface area contributed by atoms with Crippen molar-refractivity contribution in [3.63, 3.8) is 0 Å². The Balaban J connectivity index is 2.41. The molecule has 3 nitrogen and oxygen atoms in total. The summed E-state index contributed by atoms with van der Waals surface area (Å²) in [5.41, 5.74) is 1.34.